The molecule has 0 fully saturated rings. The van der Waals surface area contributed by atoms with Crippen molar-refractivity contribution in [2.24, 2.45) is 11.8 Å². The molecule has 0 N–H and O–H groups in total. The number of rotatable bonds is 6. The highest BCUT2D eigenvalue weighted by atomic mass is 32.2. The summed E-state index contributed by atoms with van der Waals surface area (Å²) in [5.41, 5.74) is 4.16. The SMILES string of the molecule is CCC(C)(C)OC(=O)CSCC1=C2C=CCCC2CC2CC=CC=C12. The molecule has 0 heterocycles. The minimum Gasteiger partial charge on any atom is -0.459 e. The van der Waals surface area contributed by atoms with Gasteiger partial charge in [0.2, 0.25) is 0 Å². The number of thioether (sulfide) groups is 1. The maximum atomic E-state index is 12.1. The van der Waals surface area contributed by atoms with E-state index in [-0.39, 0.29) is 11.6 Å². The average Bonchev–Trinajstić information content (AvgIpc) is 2.60. The first-order chi connectivity index (χ1) is 12.0. The molecule has 3 rings (SSSR count). The van der Waals surface area contributed by atoms with E-state index in [2.05, 4.69) is 30.4 Å². The highest BCUT2D eigenvalue weighted by molar-refractivity contribution is 8.00. The van der Waals surface area contributed by atoms with E-state index in [0.717, 1.165) is 12.2 Å². The van der Waals surface area contributed by atoms with E-state index < -0.39 is 0 Å². The third-order valence-corrected chi connectivity index (χ3v) is 6.60. The second-order valence-corrected chi connectivity index (χ2v) is 8.89. The van der Waals surface area contributed by atoms with Crippen LogP contribution in [0.4, 0.5) is 0 Å². The highest BCUT2D eigenvalue weighted by Gasteiger charge is 2.32. The van der Waals surface area contributed by atoms with Crippen LogP contribution in [0.3, 0.4) is 0 Å². The van der Waals surface area contributed by atoms with E-state index >= 15 is 0 Å². The van der Waals surface area contributed by atoms with Gasteiger partial charge < -0.3 is 4.74 Å². The van der Waals surface area contributed by atoms with Gasteiger partial charge in [0.15, 0.2) is 0 Å². The summed E-state index contributed by atoms with van der Waals surface area (Å²) >= 11 is 1.70. The first-order valence-electron chi connectivity index (χ1n) is 9.56. The third-order valence-electron chi connectivity index (χ3n) is 5.67. The summed E-state index contributed by atoms with van der Waals surface area (Å²) in [6.45, 7) is 6.00. The van der Waals surface area contributed by atoms with Crippen molar-refractivity contribution in [2.45, 2.75) is 58.5 Å². The molecule has 3 aliphatic carbocycles. The molecule has 0 spiro atoms. The normalized spacial score (nSPS) is 25.3. The topological polar surface area (TPSA) is 26.3 Å². The molecule has 2 unspecified atom stereocenters. The number of hydrogen-bond donors (Lipinski definition) is 0. The smallest absolute Gasteiger partial charge is 0.316 e. The number of hydrogen-bond acceptors (Lipinski definition) is 3. The molecule has 0 amide bonds. The predicted octanol–water partition coefficient (Wildman–Crippen LogP) is 5.62. The van der Waals surface area contributed by atoms with Gasteiger partial charge in [0.05, 0.1) is 5.75 Å². The summed E-state index contributed by atoms with van der Waals surface area (Å²) in [7, 11) is 0. The Bertz CT molecular complexity index is 636. The molecule has 3 aliphatic rings. The molecule has 3 heteroatoms. The summed E-state index contributed by atoms with van der Waals surface area (Å²) in [6.07, 6.45) is 17.2. The molecule has 0 saturated heterocycles. The molecule has 0 saturated carbocycles. The number of carbonyl (C=O) groups excluding carboxylic acids is 1. The van der Waals surface area contributed by atoms with Gasteiger partial charge in [-0.1, -0.05) is 37.3 Å². The van der Waals surface area contributed by atoms with Crippen LogP contribution in [-0.4, -0.2) is 23.1 Å². The summed E-state index contributed by atoms with van der Waals surface area (Å²) in [6, 6.07) is 0. The molecule has 0 radical (unpaired) electrons. The molecule has 2 nitrogen and oxygen atoms in total. The zero-order valence-electron chi connectivity index (χ0n) is 15.7. The zero-order valence-corrected chi connectivity index (χ0v) is 16.5. The van der Waals surface area contributed by atoms with Crippen molar-refractivity contribution in [2.75, 3.05) is 11.5 Å². The van der Waals surface area contributed by atoms with Gasteiger partial charge in [0, 0.05) is 5.75 Å². The van der Waals surface area contributed by atoms with E-state index in [4.69, 9.17) is 4.74 Å². The summed E-state index contributed by atoms with van der Waals surface area (Å²) in [5, 5.41) is 0. The summed E-state index contributed by atoms with van der Waals surface area (Å²) in [4.78, 5) is 12.1. The van der Waals surface area contributed by atoms with Crippen molar-refractivity contribution in [3.8, 4) is 0 Å². The van der Waals surface area contributed by atoms with Crippen molar-refractivity contribution in [3.63, 3.8) is 0 Å². The largest absolute Gasteiger partial charge is 0.459 e. The number of fused-ring (bicyclic) bond motifs is 2. The van der Waals surface area contributed by atoms with Crippen molar-refractivity contribution >= 4 is 17.7 Å². The van der Waals surface area contributed by atoms with Crippen molar-refractivity contribution in [3.05, 3.63) is 47.1 Å². The second kappa shape index (κ2) is 7.99. The lowest BCUT2D eigenvalue weighted by atomic mass is 9.69. The molecule has 0 bridgehead atoms. The van der Waals surface area contributed by atoms with Crippen molar-refractivity contribution < 1.29 is 9.53 Å². The average molecular weight is 359 g/mol. The Morgan fingerprint density at radius 1 is 1.32 bits per heavy atom. The number of allylic oxidation sites excluding steroid dienone is 7. The Balaban J connectivity index is 1.68. The van der Waals surface area contributed by atoms with Crippen LogP contribution in [0.15, 0.2) is 47.1 Å². The van der Waals surface area contributed by atoms with Crippen LogP contribution in [0, 0.1) is 11.8 Å². The van der Waals surface area contributed by atoms with Crippen LogP contribution in [0.1, 0.15) is 52.9 Å². The zero-order chi connectivity index (χ0) is 17.9. The van der Waals surface area contributed by atoms with Gasteiger partial charge in [0.1, 0.15) is 5.60 Å². The second-order valence-electron chi connectivity index (χ2n) is 7.91. The third kappa shape index (κ3) is 4.49. The molecule has 0 aliphatic heterocycles. The molecular formula is C22H30O2S. The van der Waals surface area contributed by atoms with Gasteiger partial charge in [-0.15, -0.1) is 11.8 Å². The van der Waals surface area contributed by atoms with Crippen LogP contribution < -0.4 is 0 Å². The number of esters is 1. The molecule has 136 valence electrons. The van der Waals surface area contributed by atoms with E-state index in [9.17, 15) is 4.79 Å². The van der Waals surface area contributed by atoms with Crippen molar-refractivity contribution in [1.29, 1.82) is 0 Å². The summed E-state index contributed by atoms with van der Waals surface area (Å²) < 4.78 is 5.57. The Morgan fingerprint density at radius 3 is 2.96 bits per heavy atom. The van der Waals surface area contributed by atoms with Gasteiger partial charge in [-0.05, 0) is 74.5 Å². The van der Waals surface area contributed by atoms with Crippen LogP contribution >= 0.6 is 11.8 Å². The molecule has 2 atom stereocenters. The number of ether oxygens (including phenoxy) is 1. The van der Waals surface area contributed by atoms with Gasteiger partial charge in [-0.2, -0.15) is 0 Å². The van der Waals surface area contributed by atoms with Gasteiger partial charge in [-0.3, -0.25) is 4.79 Å². The fourth-order valence-electron chi connectivity index (χ4n) is 3.96. The fraction of sp³-hybridized carbons (Fsp3) is 0.591. The van der Waals surface area contributed by atoms with Gasteiger partial charge in [-0.25, -0.2) is 0 Å². The number of carbonyl (C=O) groups is 1. The lowest BCUT2D eigenvalue weighted by Gasteiger charge is -2.37. The van der Waals surface area contributed by atoms with E-state index in [0.29, 0.717) is 17.6 Å². The van der Waals surface area contributed by atoms with Crippen LogP contribution in [0.5, 0.6) is 0 Å². The summed E-state index contributed by atoms with van der Waals surface area (Å²) in [5.74, 6) is 2.63. The quantitative estimate of drug-likeness (QED) is 0.576. The minimum absolute atomic E-state index is 0.0944. The lowest BCUT2D eigenvalue weighted by Crippen LogP contribution is -2.28. The first kappa shape index (κ1) is 18.6. The maximum Gasteiger partial charge on any atom is 0.316 e. The highest BCUT2D eigenvalue weighted by Crippen LogP contribution is 2.45. The monoisotopic (exact) mass is 358 g/mol. The van der Waals surface area contributed by atoms with Crippen LogP contribution in [-0.2, 0) is 9.53 Å². The lowest BCUT2D eigenvalue weighted by molar-refractivity contribution is -0.153. The molecule has 0 aromatic rings. The van der Waals surface area contributed by atoms with Gasteiger partial charge >= 0.3 is 5.97 Å². The molecular weight excluding hydrogens is 328 g/mol. The Morgan fingerprint density at radius 2 is 2.16 bits per heavy atom. The predicted molar refractivity (Wildman–Crippen MR) is 107 cm³/mol. The Hall–Kier alpha value is -1.22. The van der Waals surface area contributed by atoms with Crippen LogP contribution in [0.2, 0.25) is 0 Å². The standard InChI is InChI=1S/C22H30O2S/c1-4-22(2,3)24-21(23)15-25-14-20-18-11-7-5-9-16(18)13-17-10-6-8-12-19(17)20/h5,7-8,11-12,16-17H,4,6,9-10,13-15H2,1-3H3. The van der Waals surface area contributed by atoms with E-state index in [1.807, 2.05) is 20.8 Å². The molecule has 0 aromatic carbocycles. The maximum absolute atomic E-state index is 12.1. The molecule has 0 aromatic heterocycles. The molecule has 25 heavy (non-hydrogen) atoms. The minimum atomic E-state index is -0.358. The van der Waals surface area contributed by atoms with Crippen molar-refractivity contribution in [1.82, 2.24) is 0 Å². The fourth-order valence-corrected chi connectivity index (χ4v) is 4.83. The Labute approximate surface area is 156 Å². The first-order valence-corrected chi connectivity index (χ1v) is 10.7. The van der Waals surface area contributed by atoms with Crippen LogP contribution in [0.25, 0.3) is 0 Å². The van der Waals surface area contributed by atoms with E-state index in [1.165, 1.54) is 42.4 Å². The van der Waals surface area contributed by atoms with E-state index in [1.54, 1.807) is 11.8 Å². The van der Waals surface area contributed by atoms with Gasteiger partial charge in [0.25, 0.3) is 0 Å². The Kier molecular flexibility index (Phi) is 5.93.